The molecule has 2 aliphatic rings. The van der Waals surface area contributed by atoms with Crippen molar-refractivity contribution in [3.8, 4) is 0 Å². The summed E-state index contributed by atoms with van der Waals surface area (Å²) in [6.45, 7) is 2.72. The predicted molar refractivity (Wildman–Crippen MR) is 78.8 cm³/mol. The van der Waals surface area contributed by atoms with Crippen LogP contribution < -0.4 is 0 Å². The van der Waals surface area contributed by atoms with Gasteiger partial charge in [0, 0.05) is 19.6 Å². The van der Waals surface area contributed by atoms with E-state index in [1.54, 1.807) is 0 Å². The number of fused-ring (bicyclic) bond motifs is 1. The van der Waals surface area contributed by atoms with Gasteiger partial charge in [0.05, 0.1) is 5.41 Å². The second kappa shape index (κ2) is 5.57. The molecule has 108 valence electrons. The molecule has 0 atom stereocenters. The average Bonchev–Trinajstić information content (AvgIpc) is 2.83. The normalized spacial score (nSPS) is 22.2. The lowest BCUT2D eigenvalue weighted by Crippen LogP contribution is -2.42. The molecule has 3 heteroatoms. The van der Waals surface area contributed by atoms with Crippen molar-refractivity contribution in [1.82, 2.24) is 4.90 Å². The van der Waals surface area contributed by atoms with Gasteiger partial charge in [-0.05, 0) is 36.8 Å². The van der Waals surface area contributed by atoms with Gasteiger partial charge in [-0.25, -0.2) is 0 Å². The monoisotopic (exact) mass is 273 g/mol. The van der Waals surface area contributed by atoms with Gasteiger partial charge in [0.2, 0.25) is 0 Å². The molecule has 1 aromatic carbocycles. The van der Waals surface area contributed by atoms with Crippen molar-refractivity contribution in [1.29, 1.82) is 0 Å². The maximum absolute atomic E-state index is 11.7. The highest BCUT2D eigenvalue weighted by Gasteiger charge is 2.42. The Bertz CT molecular complexity index is 465. The quantitative estimate of drug-likeness (QED) is 0.920. The first-order chi connectivity index (χ1) is 9.70. The summed E-state index contributed by atoms with van der Waals surface area (Å²) in [6, 6.07) is 8.62. The van der Waals surface area contributed by atoms with Crippen LogP contribution in [0.1, 0.15) is 36.8 Å². The van der Waals surface area contributed by atoms with Gasteiger partial charge in [-0.1, -0.05) is 37.1 Å². The third-order valence-electron chi connectivity index (χ3n) is 5.05. The molecule has 0 amide bonds. The number of benzene rings is 1. The Morgan fingerprint density at radius 2 is 1.65 bits per heavy atom. The summed E-state index contributed by atoms with van der Waals surface area (Å²) in [5.41, 5.74) is 2.40. The molecule has 0 bridgehead atoms. The minimum atomic E-state index is -0.586. The Hall–Kier alpha value is -1.35. The molecule has 0 unspecified atom stereocenters. The van der Waals surface area contributed by atoms with Crippen molar-refractivity contribution in [2.75, 3.05) is 19.6 Å². The minimum Gasteiger partial charge on any atom is -0.481 e. The van der Waals surface area contributed by atoms with Gasteiger partial charge in [0.25, 0.3) is 0 Å². The van der Waals surface area contributed by atoms with E-state index in [9.17, 15) is 9.90 Å². The summed E-state index contributed by atoms with van der Waals surface area (Å²) in [7, 11) is 0. The van der Waals surface area contributed by atoms with Gasteiger partial charge in [-0.15, -0.1) is 0 Å². The molecule has 0 aromatic heterocycles. The Labute approximate surface area is 120 Å². The van der Waals surface area contributed by atoms with Crippen molar-refractivity contribution in [3.63, 3.8) is 0 Å². The fourth-order valence-electron chi connectivity index (χ4n) is 3.79. The minimum absolute atomic E-state index is 0.476. The van der Waals surface area contributed by atoms with Gasteiger partial charge in [-0.3, -0.25) is 4.79 Å². The van der Waals surface area contributed by atoms with Crippen LogP contribution in [0.15, 0.2) is 24.3 Å². The second-order valence-corrected chi connectivity index (χ2v) is 6.34. The predicted octanol–water partition coefficient (Wildman–Crippen LogP) is 2.73. The third kappa shape index (κ3) is 2.59. The molecule has 3 nitrogen and oxygen atoms in total. The van der Waals surface area contributed by atoms with E-state index in [0.29, 0.717) is 0 Å². The van der Waals surface area contributed by atoms with E-state index in [2.05, 4.69) is 29.2 Å². The van der Waals surface area contributed by atoms with Crippen molar-refractivity contribution in [2.24, 2.45) is 5.41 Å². The van der Waals surface area contributed by atoms with E-state index in [1.807, 2.05) is 0 Å². The second-order valence-electron chi connectivity index (χ2n) is 6.34. The van der Waals surface area contributed by atoms with E-state index < -0.39 is 11.4 Å². The summed E-state index contributed by atoms with van der Waals surface area (Å²) < 4.78 is 0. The van der Waals surface area contributed by atoms with Crippen LogP contribution in [0.2, 0.25) is 0 Å². The molecule has 0 spiro atoms. The Morgan fingerprint density at radius 1 is 1.10 bits per heavy atom. The highest BCUT2D eigenvalue weighted by molar-refractivity contribution is 5.75. The summed E-state index contributed by atoms with van der Waals surface area (Å²) in [4.78, 5) is 14.0. The maximum Gasteiger partial charge on any atom is 0.310 e. The fourth-order valence-corrected chi connectivity index (χ4v) is 3.79. The number of rotatable bonds is 3. The van der Waals surface area contributed by atoms with Crippen LogP contribution in [0, 0.1) is 5.41 Å². The molecule has 1 heterocycles. The number of carboxylic acid groups (broad SMARTS) is 1. The van der Waals surface area contributed by atoms with Crippen molar-refractivity contribution >= 4 is 5.97 Å². The van der Waals surface area contributed by atoms with Crippen LogP contribution in [0.25, 0.3) is 0 Å². The Balaban J connectivity index is 1.69. The van der Waals surface area contributed by atoms with Crippen LogP contribution >= 0.6 is 0 Å². The van der Waals surface area contributed by atoms with Crippen LogP contribution in [-0.4, -0.2) is 35.6 Å². The fraction of sp³-hybridized carbons (Fsp3) is 0.588. The topological polar surface area (TPSA) is 40.5 Å². The molecule has 1 aliphatic carbocycles. The molecule has 20 heavy (non-hydrogen) atoms. The van der Waals surface area contributed by atoms with Gasteiger partial charge < -0.3 is 10.0 Å². The molecular weight excluding hydrogens is 250 g/mol. The molecule has 1 aromatic rings. The first-order valence-electron chi connectivity index (χ1n) is 7.72. The lowest BCUT2D eigenvalue weighted by atomic mass is 9.85. The zero-order valence-corrected chi connectivity index (χ0v) is 12.0. The Kier molecular flexibility index (Phi) is 3.79. The molecule has 0 radical (unpaired) electrons. The van der Waals surface area contributed by atoms with Crippen molar-refractivity contribution in [2.45, 2.75) is 38.5 Å². The van der Waals surface area contributed by atoms with E-state index in [-0.39, 0.29) is 0 Å². The van der Waals surface area contributed by atoms with E-state index in [1.165, 1.54) is 11.1 Å². The van der Waals surface area contributed by atoms with Gasteiger partial charge in [0.1, 0.15) is 0 Å². The number of aliphatic carboxylic acids is 1. The number of nitrogens with zero attached hydrogens (tertiary/aromatic N) is 1. The standard InChI is InChI=1S/C17H23NO2/c19-16(20)17(9-3-4-10-17)13-18-11-7-14-5-1-2-6-15(14)8-12-18/h1-2,5-6H,3-4,7-13H2,(H,19,20). The first kappa shape index (κ1) is 13.6. The Morgan fingerprint density at radius 3 is 2.15 bits per heavy atom. The first-order valence-corrected chi connectivity index (χ1v) is 7.72. The molecule has 1 N–H and O–H groups in total. The molecule has 3 rings (SSSR count). The van der Waals surface area contributed by atoms with Crippen molar-refractivity contribution < 1.29 is 9.90 Å². The SMILES string of the molecule is O=C(O)C1(CN2CCc3ccccc3CC2)CCCC1. The van der Waals surface area contributed by atoms with E-state index >= 15 is 0 Å². The lowest BCUT2D eigenvalue weighted by Gasteiger charge is -2.31. The maximum atomic E-state index is 11.7. The van der Waals surface area contributed by atoms with Crippen LogP contribution in [0.5, 0.6) is 0 Å². The molecule has 1 fully saturated rings. The number of carboxylic acids is 1. The molecule has 1 aliphatic heterocycles. The highest BCUT2D eigenvalue weighted by atomic mass is 16.4. The molecule has 0 saturated heterocycles. The molecule has 1 saturated carbocycles. The van der Waals surface area contributed by atoms with Gasteiger partial charge in [0.15, 0.2) is 0 Å². The van der Waals surface area contributed by atoms with Crippen molar-refractivity contribution in [3.05, 3.63) is 35.4 Å². The summed E-state index contributed by atoms with van der Waals surface area (Å²) >= 11 is 0. The van der Waals surface area contributed by atoms with Crippen LogP contribution in [-0.2, 0) is 17.6 Å². The van der Waals surface area contributed by atoms with Crippen LogP contribution in [0.3, 0.4) is 0 Å². The number of hydrogen-bond donors (Lipinski definition) is 1. The summed E-state index contributed by atoms with van der Waals surface area (Å²) in [6.07, 6.45) is 5.94. The van der Waals surface area contributed by atoms with Gasteiger partial charge in [-0.2, -0.15) is 0 Å². The highest BCUT2D eigenvalue weighted by Crippen LogP contribution is 2.39. The average molecular weight is 273 g/mol. The summed E-state index contributed by atoms with van der Waals surface area (Å²) in [5.74, 6) is -0.586. The van der Waals surface area contributed by atoms with E-state index in [4.69, 9.17) is 0 Å². The van der Waals surface area contributed by atoms with E-state index in [0.717, 1.165) is 58.2 Å². The summed E-state index contributed by atoms with van der Waals surface area (Å²) in [5, 5.41) is 9.61. The van der Waals surface area contributed by atoms with Gasteiger partial charge >= 0.3 is 5.97 Å². The number of carbonyl (C=O) groups is 1. The number of hydrogen-bond acceptors (Lipinski definition) is 2. The third-order valence-corrected chi connectivity index (χ3v) is 5.05. The molecular formula is C17H23NO2. The lowest BCUT2D eigenvalue weighted by molar-refractivity contribution is -0.149. The zero-order chi connectivity index (χ0) is 14.0. The smallest absolute Gasteiger partial charge is 0.310 e. The van der Waals surface area contributed by atoms with Crippen LogP contribution in [0.4, 0.5) is 0 Å². The zero-order valence-electron chi connectivity index (χ0n) is 12.0. The largest absolute Gasteiger partial charge is 0.481 e.